The van der Waals surface area contributed by atoms with E-state index in [1.165, 1.54) is 4.90 Å². The van der Waals surface area contributed by atoms with Gasteiger partial charge in [0.1, 0.15) is 0 Å². The van der Waals surface area contributed by atoms with Gasteiger partial charge >= 0.3 is 0 Å². The number of halogens is 1. The average Bonchev–Trinajstić information content (AvgIpc) is 2.65. The van der Waals surface area contributed by atoms with Gasteiger partial charge in [-0.1, -0.05) is 53.7 Å². The minimum Gasteiger partial charge on any atom is -0.354 e. The summed E-state index contributed by atoms with van der Waals surface area (Å²) in [6.07, 6.45) is 3.31. The number of benzene rings is 3. The highest BCUT2D eigenvalue weighted by atomic mass is 35.5. The Balaban J connectivity index is 1.58. The molecule has 0 aromatic heterocycles. The van der Waals surface area contributed by atoms with Gasteiger partial charge in [0.2, 0.25) is 0 Å². The quantitative estimate of drug-likeness (QED) is 0.335. The third-order valence-electron chi connectivity index (χ3n) is 3.96. The van der Waals surface area contributed by atoms with Crippen LogP contribution in [0.15, 0.2) is 82.6 Å². The van der Waals surface area contributed by atoms with Gasteiger partial charge in [-0.3, -0.25) is 4.79 Å². The van der Waals surface area contributed by atoms with E-state index in [0.29, 0.717) is 10.6 Å². The van der Waals surface area contributed by atoms with Crippen LogP contribution in [0.4, 0.5) is 11.4 Å². The standard InChI is InChI=1S/C21H14ClNOS/c22-16-6-2-1-5-14(16)9-11-19(24)15-10-12-21-18(13-15)23-17-7-3-4-8-20(17)25-21/h1-13,23H/b11-9+. The number of allylic oxidation sites excluding steroid dienone is 1. The summed E-state index contributed by atoms with van der Waals surface area (Å²) in [5.74, 6) is -0.0478. The minimum atomic E-state index is -0.0478. The largest absolute Gasteiger partial charge is 0.354 e. The summed E-state index contributed by atoms with van der Waals surface area (Å²) in [4.78, 5) is 14.8. The molecule has 0 radical (unpaired) electrons. The van der Waals surface area contributed by atoms with Crippen LogP contribution in [0, 0.1) is 0 Å². The zero-order chi connectivity index (χ0) is 17.2. The summed E-state index contributed by atoms with van der Waals surface area (Å²) in [6, 6.07) is 21.3. The van der Waals surface area contributed by atoms with E-state index in [0.717, 1.165) is 21.8 Å². The Labute approximate surface area is 155 Å². The maximum absolute atomic E-state index is 12.5. The number of anilines is 2. The minimum absolute atomic E-state index is 0.0478. The van der Waals surface area contributed by atoms with Crippen molar-refractivity contribution in [3.05, 3.63) is 89.0 Å². The van der Waals surface area contributed by atoms with Crippen molar-refractivity contribution in [2.75, 3.05) is 5.32 Å². The summed E-state index contributed by atoms with van der Waals surface area (Å²) in [6.45, 7) is 0. The molecule has 25 heavy (non-hydrogen) atoms. The molecule has 0 saturated heterocycles. The molecular weight excluding hydrogens is 350 g/mol. The van der Waals surface area contributed by atoms with Crippen LogP contribution in [-0.2, 0) is 0 Å². The molecule has 0 bridgehead atoms. The second kappa shape index (κ2) is 6.79. The van der Waals surface area contributed by atoms with Crippen LogP contribution in [-0.4, -0.2) is 5.78 Å². The number of fused-ring (bicyclic) bond motifs is 2. The summed E-state index contributed by atoms with van der Waals surface area (Å²) < 4.78 is 0. The highest BCUT2D eigenvalue weighted by Gasteiger charge is 2.16. The molecule has 0 saturated carbocycles. The number of nitrogens with one attached hydrogen (secondary N) is 1. The third-order valence-corrected chi connectivity index (χ3v) is 5.46. The van der Waals surface area contributed by atoms with Gasteiger partial charge in [-0.15, -0.1) is 0 Å². The topological polar surface area (TPSA) is 29.1 Å². The van der Waals surface area contributed by atoms with Gasteiger partial charge in [0, 0.05) is 20.4 Å². The number of hydrogen-bond acceptors (Lipinski definition) is 3. The molecule has 4 rings (SSSR count). The molecule has 0 spiro atoms. The fourth-order valence-corrected chi connectivity index (χ4v) is 3.83. The van der Waals surface area contributed by atoms with Gasteiger partial charge in [-0.2, -0.15) is 0 Å². The van der Waals surface area contributed by atoms with E-state index in [1.54, 1.807) is 23.9 Å². The second-order valence-electron chi connectivity index (χ2n) is 5.65. The van der Waals surface area contributed by atoms with E-state index in [-0.39, 0.29) is 5.78 Å². The van der Waals surface area contributed by atoms with Gasteiger partial charge in [0.05, 0.1) is 11.4 Å². The van der Waals surface area contributed by atoms with Crippen molar-refractivity contribution in [3.8, 4) is 0 Å². The van der Waals surface area contributed by atoms with Crippen LogP contribution in [0.2, 0.25) is 5.02 Å². The molecular formula is C21H14ClNOS. The van der Waals surface area contributed by atoms with Gasteiger partial charge in [0.25, 0.3) is 0 Å². The number of carbonyl (C=O) groups is 1. The van der Waals surface area contributed by atoms with Crippen LogP contribution < -0.4 is 5.32 Å². The lowest BCUT2D eigenvalue weighted by molar-refractivity contribution is 0.104. The van der Waals surface area contributed by atoms with Gasteiger partial charge in [-0.25, -0.2) is 0 Å². The van der Waals surface area contributed by atoms with Crippen LogP contribution in [0.25, 0.3) is 6.08 Å². The van der Waals surface area contributed by atoms with Crippen molar-refractivity contribution in [1.82, 2.24) is 0 Å². The van der Waals surface area contributed by atoms with Crippen LogP contribution in [0.3, 0.4) is 0 Å². The van der Waals surface area contributed by atoms with Gasteiger partial charge in [-0.05, 0) is 54.1 Å². The van der Waals surface area contributed by atoms with E-state index in [9.17, 15) is 4.79 Å². The van der Waals surface area contributed by atoms with E-state index in [4.69, 9.17) is 11.6 Å². The molecule has 1 aliphatic heterocycles. The summed E-state index contributed by atoms with van der Waals surface area (Å²) in [7, 11) is 0. The van der Waals surface area contributed by atoms with Crippen molar-refractivity contribution in [1.29, 1.82) is 0 Å². The Morgan fingerprint density at radius 3 is 2.56 bits per heavy atom. The summed E-state index contributed by atoms with van der Waals surface area (Å²) >= 11 is 7.83. The maximum Gasteiger partial charge on any atom is 0.185 e. The SMILES string of the molecule is O=C(/C=C/c1ccccc1Cl)c1ccc2c(c1)Nc1ccccc1S2. The Morgan fingerprint density at radius 2 is 1.68 bits per heavy atom. The van der Waals surface area contributed by atoms with Crippen LogP contribution in [0.5, 0.6) is 0 Å². The van der Waals surface area contributed by atoms with Crippen LogP contribution >= 0.6 is 23.4 Å². The molecule has 3 aromatic rings. The molecule has 0 unspecified atom stereocenters. The molecule has 0 atom stereocenters. The van der Waals surface area contributed by atoms with E-state index in [2.05, 4.69) is 11.4 Å². The Hall–Kier alpha value is -2.49. The molecule has 1 aliphatic rings. The zero-order valence-corrected chi connectivity index (χ0v) is 14.8. The third kappa shape index (κ3) is 3.34. The van der Waals surface area contributed by atoms with Crippen molar-refractivity contribution < 1.29 is 4.79 Å². The van der Waals surface area contributed by atoms with Crippen molar-refractivity contribution >= 4 is 46.6 Å². The first kappa shape index (κ1) is 16.0. The normalized spacial score (nSPS) is 12.4. The summed E-state index contributed by atoms with van der Waals surface area (Å²) in [5.41, 5.74) is 3.50. The second-order valence-corrected chi connectivity index (χ2v) is 7.14. The van der Waals surface area contributed by atoms with Gasteiger partial charge < -0.3 is 5.32 Å². The first-order chi connectivity index (χ1) is 12.2. The average molecular weight is 364 g/mol. The molecule has 0 amide bonds. The van der Waals surface area contributed by atoms with E-state index < -0.39 is 0 Å². The molecule has 2 nitrogen and oxygen atoms in total. The molecule has 3 aromatic carbocycles. The predicted octanol–water partition coefficient (Wildman–Crippen LogP) is 6.44. The highest BCUT2D eigenvalue weighted by molar-refractivity contribution is 7.99. The maximum atomic E-state index is 12.5. The highest BCUT2D eigenvalue weighted by Crippen LogP contribution is 2.44. The van der Waals surface area contributed by atoms with Crippen LogP contribution in [0.1, 0.15) is 15.9 Å². The summed E-state index contributed by atoms with van der Waals surface area (Å²) in [5, 5.41) is 4.03. The lowest BCUT2D eigenvalue weighted by atomic mass is 10.1. The fourth-order valence-electron chi connectivity index (χ4n) is 2.66. The lowest BCUT2D eigenvalue weighted by Crippen LogP contribution is -2.02. The van der Waals surface area contributed by atoms with Crippen molar-refractivity contribution in [2.24, 2.45) is 0 Å². The molecule has 0 fully saturated rings. The molecule has 0 aliphatic carbocycles. The lowest BCUT2D eigenvalue weighted by Gasteiger charge is -2.20. The van der Waals surface area contributed by atoms with Crippen molar-refractivity contribution in [3.63, 3.8) is 0 Å². The van der Waals surface area contributed by atoms with Gasteiger partial charge in [0.15, 0.2) is 5.78 Å². The Kier molecular flexibility index (Phi) is 4.35. The predicted molar refractivity (Wildman–Crippen MR) is 105 cm³/mol. The smallest absolute Gasteiger partial charge is 0.185 e. The Bertz CT molecular complexity index is 997. The zero-order valence-electron chi connectivity index (χ0n) is 13.2. The molecule has 4 heteroatoms. The molecule has 1 heterocycles. The Morgan fingerprint density at radius 1 is 0.920 bits per heavy atom. The number of ketones is 1. The number of rotatable bonds is 3. The fraction of sp³-hybridized carbons (Fsp3) is 0. The first-order valence-corrected chi connectivity index (χ1v) is 9.05. The molecule has 122 valence electrons. The van der Waals surface area contributed by atoms with E-state index >= 15 is 0 Å². The van der Waals surface area contributed by atoms with Crippen molar-refractivity contribution in [2.45, 2.75) is 9.79 Å². The number of carbonyl (C=O) groups excluding carboxylic acids is 1. The number of hydrogen-bond donors (Lipinski definition) is 1. The van der Waals surface area contributed by atoms with E-state index in [1.807, 2.05) is 60.7 Å². The number of para-hydroxylation sites is 1. The molecule has 1 N–H and O–H groups in total. The first-order valence-electron chi connectivity index (χ1n) is 7.85. The monoisotopic (exact) mass is 363 g/mol.